The maximum absolute atomic E-state index is 13.1. The van der Waals surface area contributed by atoms with Gasteiger partial charge in [-0.05, 0) is 65.4 Å². The summed E-state index contributed by atoms with van der Waals surface area (Å²) in [6.45, 7) is 0.181. The Balaban J connectivity index is 1.54. The van der Waals surface area contributed by atoms with E-state index in [2.05, 4.69) is 10.3 Å². The molecule has 1 amide bonds. The second-order valence-electron chi connectivity index (χ2n) is 7.00. The summed E-state index contributed by atoms with van der Waals surface area (Å²) in [7, 11) is 1.49. The first kappa shape index (κ1) is 24.4. The summed E-state index contributed by atoms with van der Waals surface area (Å²) in [5.74, 6) is 0.101. The van der Waals surface area contributed by atoms with Gasteiger partial charge in [-0.3, -0.25) is 4.79 Å². The van der Waals surface area contributed by atoms with Crippen molar-refractivity contribution in [2.24, 2.45) is 4.99 Å². The number of hydrogen-bond acceptors (Lipinski definition) is 5. The Morgan fingerprint density at radius 2 is 1.85 bits per heavy atom. The predicted octanol–water partition coefficient (Wildman–Crippen LogP) is 7.27. The van der Waals surface area contributed by atoms with E-state index in [0.29, 0.717) is 47.9 Å². The van der Waals surface area contributed by atoms with E-state index >= 15 is 0 Å². The van der Waals surface area contributed by atoms with Crippen molar-refractivity contribution >= 4 is 69.4 Å². The number of amidine groups is 1. The number of aliphatic imine (C=N–C) groups is 1. The number of amides is 1. The van der Waals surface area contributed by atoms with Gasteiger partial charge in [-0.1, -0.05) is 53.0 Å². The summed E-state index contributed by atoms with van der Waals surface area (Å²) in [6.07, 6.45) is 1.67. The van der Waals surface area contributed by atoms with Crippen LogP contribution in [0.5, 0.6) is 11.5 Å². The highest BCUT2D eigenvalue weighted by Crippen LogP contribution is 2.39. The molecule has 34 heavy (non-hydrogen) atoms. The highest BCUT2D eigenvalue weighted by atomic mass is 35.5. The fourth-order valence-electron chi connectivity index (χ4n) is 3.02. The van der Waals surface area contributed by atoms with Crippen molar-refractivity contribution in [1.29, 1.82) is 0 Å². The van der Waals surface area contributed by atoms with Gasteiger partial charge in [0, 0.05) is 0 Å². The highest BCUT2D eigenvalue weighted by molar-refractivity contribution is 8.18. The van der Waals surface area contributed by atoms with Gasteiger partial charge in [0.25, 0.3) is 5.91 Å². The number of halogens is 4. The number of nitrogens with one attached hydrogen (secondary N) is 1. The molecule has 3 aromatic rings. The van der Waals surface area contributed by atoms with Crippen molar-refractivity contribution in [2.75, 3.05) is 7.11 Å². The van der Waals surface area contributed by atoms with Crippen LogP contribution in [0.15, 0.2) is 64.5 Å². The zero-order valence-electron chi connectivity index (χ0n) is 17.6. The average molecular weight is 538 g/mol. The Morgan fingerprint density at radius 3 is 2.59 bits per heavy atom. The first-order chi connectivity index (χ1) is 16.3. The molecule has 0 saturated carbocycles. The van der Waals surface area contributed by atoms with Crippen LogP contribution in [-0.2, 0) is 11.4 Å². The molecular weight excluding hydrogens is 522 g/mol. The topological polar surface area (TPSA) is 59.9 Å². The number of hydrogen-bond donors (Lipinski definition) is 1. The summed E-state index contributed by atoms with van der Waals surface area (Å²) in [4.78, 5) is 17.3. The number of rotatable bonds is 6. The molecular formula is C24H16Cl3FN2O3S. The SMILES string of the molecule is COc1cc(/C=C2/SC(=Nc3cccc(Cl)c3Cl)NC2=O)cc(Cl)c1OCc1ccc(F)cc1. The van der Waals surface area contributed by atoms with Crippen molar-refractivity contribution in [3.63, 3.8) is 0 Å². The summed E-state index contributed by atoms with van der Waals surface area (Å²) in [6, 6.07) is 14.4. The van der Waals surface area contributed by atoms with E-state index in [4.69, 9.17) is 44.3 Å². The van der Waals surface area contributed by atoms with E-state index in [-0.39, 0.29) is 18.3 Å². The van der Waals surface area contributed by atoms with E-state index in [1.54, 1.807) is 48.5 Å². The minimum absolute atomic E-state index is 0.181. The van der Waals surface area contributed by atoms with Crippen LogP contribution in [0, 0.1) is 5.82 Å². The number of ether oxygens (including phenoxy) is 2. The molecule has 0 unspecified atom stereocenters. The zero-order chi connectivity index (χ0) is 24.2. The Labute approximate surface area is 214 Å². The number of carbonyl (C=O) groups excluding carboxylic acids is 1. The standard InChI is InChI=1S/C24H16Cl3FN2O3S/c1-32-19-10-14(9-17(26)22(19)33-12-13-5-7-15(28)8-6-13)11-20-23(31)30-24(34-20)29-18-4-2-3-16(25)21(18)27/h2-11H,12H2,1H3,(H,29,30,31)/b20-11+. The third-order valence-electron chi connectivity index (χ3n) is 4.65. The van der Waals surface area contributed by atoms with Crippen molar-refractivity contribution in [3.8, 4) is 11.5 Å². The van der Waals surface area contributed by atoms with Gasteiger partial charge in [-0.15, -0.1) is 0 Å². The lowest BCUT2D eigenvalue weighted by molar-refractivity contribution is -0.115. The second kappa shape index (κ2) is 10.7. The summed E-state index contributed by atoms with van der Waals surface area (Å²) < 4.78 is 24.3. The normalized spacial score (nSPS) is 15.6. The number of thioether (sulfide) groups is 1. The fraction of sp³-hybridized carbons (Fsp3) is 0.0833. The largest absolute Gasteiger partial charge is 0.493 e. The van der Waals surface area contributed by atoms with Gasteiger partial charge in [-0.25, -0.2) is 9.38 Å². The number of methoxy groups -OCH3 is 1. The van der Waals surface area contributed by atoms with E-state index in [0.717, 1.165) is 17.3 Å². The molecule has 0 radical (unpaired) electrons. The van der Waals surface area contributed by atoms with Gasteiger partial charge in [0.15, 0.2) is 16.7 Å². The molecule has 0 spiro atoms. The van der Waals surface area contributed by atoms with E-state index in [1.807, 2.05) is 0 Å². The van der Waals surface area contributed by atoms with Crippen molar-refractivity contribution < 1.29 is 18.7 Å². The van der Waals surface area contributed by atoms with E-state index < -0.39 is 0 Å². The minimum atomic E-state index is -0.325. The molecule has 0 bridgehead atoms. The zero-order valence-corrected chi connectivity index (χ0v) is 20.7. The average Bonchev–Trinajstić information content (AvgIpc) is 3.15. The molecule has 0 aromatic heterocycles. The summed E-state index contributed by atoms with van der Waals surface area (Å²) >= 11 is 19.8. The minimum Gasteiger partial charge on any atom is -0.493 e. The van der Waals surface area contributed by atoms with Gasteiger partial charge in [0.2, 0.25) is 0 Å². The molecule has 174 valence electrons. The van der Waals surface area contributed by atoms with E-state index in [9.17, 15) is 9.18 Å². The van der Waals surface area contributed by atoms with Gasteiger partial charge in [0.05, 0.1) is 32.8 Å². The summed E-state index contributed by atoms with van der Waals surface area (Å²) in [5, 5.41) is 4.05. The molecule has 1 aliphatic heterocycles. The Morgan fingerprint density at radius 1 is 1.09 bits per heavy atom. The van der Waals surface area contributed by atoms with E-state index in [1.165, 1.54) is 19.2 Å². The van der Waals surface area contributed by atoms with Gasteiger partial charge in [-0.2, -0.15) is 0 Å². The number of carbonyl (C=O) groups is 1. The monoisotopic (exact) mass is 536 g/mol. The van der Waals surface area contributed by atoms with Crippen LogP contribution >= 0.6 is 46.6 Å². The third kappa shape index (κ3) is 5.67. The van der Waals surface area contributed by atoms with Crippen LogP contribution in [0.4, 0.5) is 10.1 Å². The Bertz CT molecular complexity index is 1310. The van der Waals surface area contributed by atoms with Crippen LogP contribution < -0.4 is 14.8 Å². The first-order valence-corrected chi connectivity index (χ1v) is 11.8. The molecule has 5 nitrogen and oxygen atoms in total. The molecule has 1 heterocycles. The van der Waals surface area contributed by atoms with Gasteiger partial charge in [0.1, 0.15) is 12.4 Å². The lowest BCUT2D eigenvalue weighted by Gasteiger charge is -2.13. The maximum atomic E-state index is 13.1. The molecule has 3 aromatic carbocycles. The van der Waals surface area contributed by atoms with Crippen molar-refractivity contribution in [2.45, 2.75) is 6.61 Å². The molecule has 0 atom stereocenters. The second-order valence-corrected chi connectivity index (χ2v) is 9.23. The first-order valence-electron chi connectivity index (χ1n) is 9.82. The van der Waals surface area contributed by atoms with Gasteiger partial charge >= 0.3 is 0 Å². The molecule has 1 fully saturated rings. The predicted molar refractivity (Wildman–Crippen MR) is 136 cm³/mol. The third-order valence-corrected chi connectivity index (χ3v) is 6.65. The molecule has 10 heteroatoms. The molecule has 4 rings (SSSR count). The molecule has 0 aliphatic carbocycles. The Kier molecular flexibility index (Phi) is 7.68. The smallest absolute Gasteiger partial charge is 0.264 e. The fourth-order valence-corrected chi connectivity index (χ4v) is 4.47. The van der Waals surface area contributed by atoms with Crippen LogP contribution in [0.2, 0.25) is 15.1 Å². The molecule has 1 N–H and O–H groups in total. The van der Waals surface area contributed by atoms with Crippen LogP contribution in [-0.4, -0.2) is 18.2 Å². The quantitative estimate of drug-likeness (QED) is 0.336. The summed E-state index contributed by atoms with van der Waals surface area (Å²) in [5.41, 5.74) is 1.86. The van der Waals surface area contributed by atoms with Crippen molar-refractivity contribution in [3.05, 3.63) is 91.5 Å². The highest BCUT2D eigenvalue weighted by Gasteiger charge is 2.25. The maximum Gasteiger partial charge on any atom is 0.264 e. The molecule has 1 aliphatic rings. The van der Waals surface area contributed by atoms with Crippen LogP contribution in [0.1, 0.15) is 11.1 Å². The Hall–Kier alpha value is -2.71. The molecule has 1 saturated heterocycles. The van der Waals surface area contributed by atoms with Crippen molar-refractivity contribution in [1.82, 2.24) is 5.32 Å². The lowest BCUT2D eigenvalue weighted by Crippen LogP contribution is -2.19. The number of benzene rings is 3. The van der Waals surface area contributed by atoms with Crippen LogP contribution in [0.25, 0.3) is 6.08 Å². The van der Waals surface area contributed by atoms with Gasteiger partial charge < -0.3 is 14.8 Å². The number of nitrogens with zero attached hydrogens (tertiary/aromatic N) is 1. The van der Waals surface area contributed by atoms with Crippen LogP contribution in [0.3, 0.4) is 0 Å². The lowest BCUT2D eigenvalue weighted by atomic mass is 10.1.